The third-order valence-electron chi connectivity index (χ3n) is 4.34. The lowest BCUT2D eigenvalue weighted by Gasteiger charge is -2.17. The summed E-state index contributed by atoms with van der Waals surface area (Å²) in [6.45, 7) is 0.796. The Bertz CT molecular complexity index is 1160. The lowest BCUT2D eigenvalue weighted by molar-refractivity contribution is 0.300. The molecule has 0 saturated carbocycles. The van der Waals surface area contributed by atoms with Crippen molar-refractivity contribution in [3.63, 3.8) is 0 Å². The topological polar surface area (TPSA) is 56.2 Å². The zero-order chi connectivity index (χ0) is 19.3. The number of anilines is 2. The summed E-state index contributed by atoms with van der Waals surface area (Å²) in [4.78, 5) is 16.6. The van der Waals surface area contributed by atoms with Gasteiger partial charge in [0.1, 0.15) is 18.2 Å². The zero-order valence-corrected chi connectivity index (χ0v) is 15.0. The second-order valence-electron chi connectivity index (χ2n) is 6.18. The fourth-order valence-electron chi connectivity index (χ4n) is 3.00. The van der Waals surface area contributed by atoms with Crippen LogP contribution in [0.3, 0.4) is 0 Å². The van der Waals surface area contributed by atoms with Gasteiger partial charge >= 0.3 is 0 Å². The molecule has 0 atom stereocenters. The molecule has 0 spiro atoms. The van der Waals surface area contributed by atoms with Gasteiger partial charge in [0.2, 0.25) is 5.95 Å². The molecule has 0 aliphatic carbocycles. The van der Waals surface area contributed by atoms with Gasteiger partial charge in [-0.3, -0.25) is 4.79 Å². The molecule has 4 aromatic rings. The molecule has 0 aliphatic heterocycles. The zero-order valence-electron chi connectivity index (χ0n) is 15.0. The number of nitrogens with zero attached hydrogens (tertiary/aromatic N) is 2. The van der Waals surface area contributed by atoms with Crippen LogP contribution in [0.1, 0.15) is 0 Å². The average Bonchev–Trinajstić information content (AvgIpc) is 2.73. The number of hydrogen-bond acceptors (Lipinski definition) is 4. The van der Waals surface area contributed by atoms with Gasteiger partial charge in [-0.2, -0.15) is 4.98 Å². The maximum Gasteiger partial charge on any atom is 0.282 e. The van der Waals surface area contributed by atoms with Crippen LogP contribution in [0.4, 0.5) is 16.0 Å². The van der Waals surface area contributed by atoms with Crippen molar-refractivity contribution < 1.29 is 9.13 Å². The predicted octanol–water partition coefficient (Wildman–Crippen LogP) is 4.36. The van der Waals surface area contributed by atoms with E-state index in [4.69, 9.17) is 4.74 Å². The molecule has 0 amide bonds. The predicted molar refractivity (Wildman–Crippen MR) is 108 cm³/mol. The number of halogens is 1. The van der Waals surface area contributed by atoms with Crippen LogP contribution in [-0.4, -0.2) is 16.2 Å². The van der Waals surface area contributed by atoms with E-state index in [1.807, 2.05) is 47.0 Å². The number of benzene rings is 3. The van der Waals surface area contributed by atoms with E-state index >= 15 is 0 Å². The molecule has 0 fully saturated rings. The SMILES string of the molecule is O=c1nc(Nc2ccccc2F)n(CCOc2ccccc2)c2ccccc12. The molecule has 140 valence electrons. The smallest absolute Gasteiger partial charge is 0.282 e. The normalized spacial score (nSPS) is 10.8. The van der Waals surface area contributed by atoms with Gasteiger partial charge in [0.15, 0.2) is 0 Å². The fraction of sp³-hybridized carbons (Fsp3) is 0.0909. The number of rotatable bonds is 6. The standard InChI is InChI=1S/C22H18FN3O2/c23-18-11-5-6-12-19(18)24-22-25-21(27)17-10-4-7-13-20(17)26(22)14-15-28-16-8-2-1-3-9-16/h1-13H,14-15H2,(H,24,25,27). The van der Waals surface area contributed by atoms with Gasteiger partial charge in [0.05, 0.1) is 23.1 Å². The number of nitrogens with one attached hydrogen (secondary N) is 1. The highest BCUT2D eigenvalue weighted by Crippen LogP contribution is 2.21. The number of para-hydroxylation sites is 3. The van der Waals surface area contributed by atoms with E-state index in [0.29, 0.717) is 24.1 Å². The lowest BCUT2D eigenvalue weighted by Crippen LogP contribution is -2.20. The number of hydrogen-bond donors (Lipinski definition) is 1. The Balaban J connectivity index is 1.70. The van der Waals surface area contributed by atoms with Crippen molar-refractivity contribution >= 4 is 22.5 Å². The molecule has 0 unspecified atom stereocenters. The van der Waals surface area contributed by atoms with Gasteiger partial charge in [-0.05, 0) is 36.4 Å². The summed E-state index contributed by atoms with van der Waals surface area (Å²) in [5.41, 5.74) is 0.593. The van der Waals surface area contributed by atoms with E-state index in [1.165, 1.54) is 6.07 Å². The van der Waals surface area contributed by atoms with Crippen molar-refractivity contribution in [2.45, 2.75) is 6.54 Å². The molecule has 0 saturated heterocycles. The molecule has 1 heterocycles. The Hall–Kier alpha value is -3.67. The first kappa shape index (κ1) is 17.7. The maximum absolute atomic E-state index is 14.1. The second-order valence-corrected chi connectivity index (χ2v) is 6.18. The van der Waals surface area contributed by atoms with E-state index in [2.05, 4.69) is 10.3 Å². The van der Waals surface area contributed by atoms with Gasteiger partial charge in [-0.15, -0.1) is 0 Å². The van der Waals surface area contributed by atoms with Crippen molar-refractivity contribution in [3.05, 3.63) is 95.0 Å². The Kier molecular flexibility index (Phi) is 5.01. The van der Waals surface area contributed by atoms with E-state index in [1.54, 1.807) is 30.3 Å². The number of ether oxygens (including phenoxy) is 1. The van der Waals surface area contributed by atoms with Crippen molar-refractivity contribution in [2.24, 2.45) is 0 Å². The highest BCUT2D eigenvalue weighted by molar-refractivity contribution is 5.80. The maximum atomic E-state index is 14.1. The van der Waals surface area contributed by atoms with E-state index in [-0.39, 0.29) is 17.2 Å². The quantitative estimate of drug-likeness (QED) is 0.544. The summed E-state index contributed by atoms with van der Waals surface area (Å²) >= 11 is 0. The monoisotopic (exact) mass is 375 g/mol. The number of aromatic nitrogens is 2. The summed E-state index contributed by atoms with van der Waals surface area (Å²) in [6.07, 6.45) is 0. The van der Waals surface area contributed by atoms with Crippen LogP contribution in [-0.2, 0) is 6.54 Å². The van der Waals surface area contributed by atoms with Gasteiger partial charge in [-0.1, -0.05) is 42.5 Å². The molecule has 0 radical (unpaired) electrons. The third kappa shape index (κ3) is 3.71. The summed E-state index contributed by atoms with van der Waals surface area (Å²) < 4.78 is 21.7. The molecule has 3 aromatic carbocycles. The summed E-state index contributed by atoms with van der Waals surface area (Å²) in [7, 11) is 0. The molecule has 4 rings (SSSR count). The Morgan fingerprint density at radius 2 is 1.64 bits per heavy atom. The van der Waals surface area contributed by atoms with Crippen LogP contribution in [0.15, 0.2) is 83.7 Å². The Morgan fingerprint density at radius 3 is 2.46 bits per heavy atom. The van der Waals surface area contributed by atoms with Crippen LogP contribution in [0.25, 0.3) is 10.9 Å². The molecular formula is C22H18FN3O2. The van der Waals surface area contributed by atoms with E-state index in [0.717, 1.165) is 5.75 Å². The van der Waals surface area contributed by atoms with Crippen LogP contribution < -0.4 is 15.6 Å². The molecule has 28 heavy (non-hydrogen) atoms. The van der Waals surface area contributed by atoms with Gasteiger partial charge in [0, 0.05) is 0 Å². The second kappa shape index (κ2) is 7.92. The van der Waals surface area contributed by atoms with Crippen LogP contribution in [0.5, 0.6) is 5.75 Å². The highest BCUT2D eigenvalue weighted by Gasteiger charge is 2.12. The van der Waals surface area contributed by atoms with Crippen LogP contribution >= 0.6 is 0 Å². The first-order valence-electron chi connectivity index (χ1n) is 8.91. The molecule has 6 heteroatoms. The van der Waals surface area contributed by atoms with Crippen LogP contribution in [0, 0.1) is 5.82 Å². The number of fused-ring (bicyclic) bond motifs is 1. The molecule has 0 aliphatic rings. The van der Waals surface area contributed by atoms with Crippen molar-refractivity contribution in [2.75, 3.05) is 11.9 Å². The largest absolute Gasteiger partial charge is 0.492 e. The average molecular weight is 375 g/mol. The molecule has 1 N–H and O–H groups in total. The highest BCUT2D eigenvalue weighted by atomic mass is 19.1. The summed E-state index contributed by atoms with van der Waals surface area (Å²) in [6, 6.07) is 23.0. The summed E-state index contributed by atoms with van der Waals surface area (Å²) in [5, 5.41) is 3.44. The third-order valence-corrected chi connectivity index (χ3v) is 4.34. The van der Waals surface area contributed by atoms with E-state index in [9.17, 15) is 9.18 Å². The molecule has 0 bridgehead atoms. The van der Waals surface area contributed by atoms with Crippen molar-refractivity contribution in [3.8, 4) is 5.75 Å². The molecule has 1 aromatic heterocycles. The molecule has 5 nitrogen and oxygen atoms in total. The van der Waals surface area contributed by atoms with Gasteiger partial charge in [0.25, 0.3) is 5.56 Å². The van der Waals surface area contributed by atoms with Crippen LogP contribution in [0.2, 0.25) is 0 Å². The molecular weight excluding hydrogens is 357 g/mol. The first-order valence-corrected chi connectivity index (χ1v) is 8.91. The van der Waals surface area contributed by atoms with Gasteiger partial charge in [-0.25, -0.2) is 4.39 Å². The van der Waals surface area contributed by atoms with Crippen molar-refractivity contribution in [1.29, 1.82) is 0 Å². The Labute approximate surface area is 161 Å². The lowest BCUT2D eigenvalue weighted by atomic mass is 10.2. The summed E-state index contributed by atoms with van der Waals surface area (Å²) in [5.74, 6) is 0.604. The minimum absolute atomic E-state index is 0.252. The minimum atomic E-state index is -0.419. The minimum Gasteiger partial charge on any atom is -0.492 e. The first-order chi connectivity index (χ1) is 13.7. The fourth-order valence-corrected chi connectivity index (χ4v) is 3.00. The van der Waals surface area contributed by atoms with Gasteiger partial charge < -0.3 is 14.6 Å². The Morgan fingerprint density at radius 1 is 0.929 bits per heavy atom. The van der Waals surface area contributed by atoms with E-state index < -0.39 is 5.82 Å². The van der Waals surface area contributed by atoms with Crippen molar-refractivity contribution in [1.82, 2.24) is 9.55 Å².